The van der Waals surface area contributed by atoms with E-state index in [0.29, 0.717) is 0 Å². The summed E-state index contributed by atoms with van der Waals surface area (Å²) in [4.78, 5) is 10.0. The van der Waals surface area contributed by atoms with Gasteiger partial charge in [-0.1, -0.05) is 19.9 Å². The first-order chi connectivity index (χ1) is 8.25. The minimum absolute atomic E-state index is 0.122. The molecule has 0 amide bonds. The van der Waals surface area contributed by atoms with Gasteiger partial charge in [0, 0.05) is 6.07 Å². The predicted octanol–water partition coefficient (Wildman–Crippen LogP) is 2.52. The number of nitro benzene ring substituents is 1. The first kappa shape index (κ1) is 14.4. The van der Waals surface area contributed by atoms with Crippen LogP contribution in [0.4, 0.5) is 10.1 Å². The van der Waals surface area contributed by atoms with Crippen molar-refractivity contribution in [3.63, 3.8) is 0 Å². The van der Waals surface area contributed by atoms with E-state index in [9.17, 15) is 19.6 Å². The Bertz CT molecular complexity index is 446. The van der Waals surface area contributed by atoms with E-state index in [1.165, 1.54) is 13.0 Å². The zero-order valence-electron chi connectivity index (χ0n) is 10.5. The maximum absolute atomic E-state index is 13.5. The molecule has 1 rings (SSSR count). The van der Waals surface area contributed by atoms with Crippen LogP contribution in [0.5, 0.6) is 5.75 Å². The molecule has 0 aliphatic heterocycles. The molecule has 0 fully saturated rings. The fourth-order valence-corrected chi connectivity index (χ4v) is 1.17. The van der Waals surface area contributed by atoms with E-state index in [1.54, 1.807) is 13.8 Å². The second-order valence-corrected chi connectivity index (χ2v) is 4.65. The van der Waals surface area contributed by atoms with E-state index < -0.39 is 27.8 Å². The van der Waals surface area contributed by atoms with Crippen LogP contribution in [0, 0.1) is 21.8 Å². The van der Waals surface area contributed by atoms with Crippen LogP contribution in [0.1, 0.15) is 20.8 Å². The first-order valence-corrected chi connectivity index (χ1v) is 5.54. The molecule has 1 atom stereocenters. The van der Waals surface area contributed by atoms with E-state index in [0.717, 1.165) is 12.1 Å². The SMILES string of the molecule is CC(C)C(C)(O)COc1c(F)cccc1[N+](=O)[O-]. The summed E-state index contributed by atoms with van der Waals surface area (Å²) in [5, 5.41) is 20.7. The highest BCUT2D eigenvalue weighted by molar-refractivity contribution is 5.46. The summed E-state index contributed by atoms with van der Waals surface area (Å²) in [5.74, 6) is -1.38. The Morgan fingerprint density at radius 3 is 2.67 bits per heavy atom. The van der Waals surface area contributed by atoms with Crippen LogP contribution >= 0.6 is 0 Å². The van der Waals surface area contributed by atoms with Crippen molar-refractivity contribution in [3.8, 4) is 5.75 Å². The van der Waals surface area contributed by atoms with Crippen LogP contribution in [0.2, 0.25) is 0 Å². The number of benzene rings is 1. The topological polar surface area (TPSA) is 72.6 Å². The molecular formula is C12H16FNO4. The van der Waals surface area contributed by atoms with Gasteiger partial charge in [-0.15, -0.1) is 0 Å². The molecule has 6 heteroatoms. The predicted molar refractivity (Wildman–Crippen MR) is 64.0 cm³/mol. The van der Waals surface area contributed by atoms with Crippen LogP contribution in [0.3, 0.4) is 0 Å². The minimum Gasteiger partial charge on any atom is -0.482 e. The second kappa shape index (κ2) is 5.30. The Kier molecular flexibility index (Phi) is 4.24. The summed E-state index contributed by atoms with van der Waals surface area (Å²) < 4.78 is 18.6. The average molecular weight is 257 g/mol. The minimum atomic E-state index is -1.18. The van der Waals surface area contributed by atoms with E-state index in [2.05, 4.69) is 0 Å². The van der Waals surface area contributed by atoms with E-state index in [4.69, 9.17) is 4.74 Å². The normalized spacial score (nSPS) is 14.3. The molecule has 0 bridgehead atoms. The van der Waals surface area contributed by atoms with Crippen molar-refractivity contribution in [1.29, 1.82) is 0 Å². The van der Waals surface area contributed by atoms with Crippen molar-refractivity contribution in [2.24, 2.45) is 5.92 Å². The third-order valence-electron chi connectivity index (χ3n) is 2.90. The second-order valence-electron chi connectivity index (χ2n) is 4.65. The zero-order chi connectivity index (χ0) is 13.9. The molecule has 18 heavy (non-hydrogen) atoms. The maximum Gasteiger partial charge on any atom is 0.314 e. The fourth-order valence-electron chi connectivity index (χ4n) is 1.17. The van der Waals surface area contributed by atoms with Crippen LogP contribution in [0.15, 0.2) is 18.2 Å². The van der Waals surface area contributed by atoms with Gasteiger partial charge in [0.15, 0.2) is 5.82 Å². The summed E-state index contributed by atoms with van der Waals surface area (Å²) in [6.07, 6.45) is 0. The lowest BCUT2D eigenvalue weighted by molar-refractivity contribution is -0.386. The smallest absolute Gasteiger partial charge is 0.314 e. The number of rotatable bonds is 5. The molecular weight excluding hydrogens is 241 g/mol. The van der Waals surface area contributed by atoms with Crippen LogP contribution in [-0.4, -0.2) is 22.2 Å². The van der Waals surface area contributed by atoms with Gasteiger partial charge in [-0.3, -0.25) is 10.1 Å². The lowest BCUT2D eigenvalue weighted by atomic mass is 9.94. The summed E-state index contributed by atoms with van der Waals surface area (Å²) in [7, 11) is 0. The molecule has 0 spiro atoms. The highest BCUT2D eigenvalue weighted by atomic mass is 19.1. The largest absolute Gasteiger partial charge is 0.482 e. The van der Waals surface area contributed by atoms with Gasteiger partial charge < -0.3 is 9.84 Å². The van der Waals surface area contributed by atoms with Crippen molar-refractivity contribution < 1.29 is 19.2 Å². The maximum atomic E-state index is 13.5. The molecule has 0 heterocycles. The summed E-state index contributed by atoms with van der Waals surface area (Å²) in [5.41, 5.74) is -1.63. The lowest BCUT2D eigenvalue weighted by Crippen LogP contribution is -2.38. The average Bonchev–Trinajstić information content (AvgIpc) is 2.26. The molecule has 1 N–H and O–H groups in total. The van der Waals surface area contributed by atoms with Gasteiger partial charge in [-0.2, -0.15) is 0 Å². The van der Waals surface area contributed by atoms with Gasteiger partial charge in [-0.25, -0.2) is 4.39 Å². The number of aliphatic hydroxyl groups is 1. The third-order valence-corrected chi connectivity index (χ3v) is 2.90. The molecule has 1 unspecified atom stereocenters. The zero-order valence-corrected chi connectivity index (χ0v) is 10.5. The fraction of sp³-hybridized carbons (Fsp3) is 0.500. The van der Waals surface area contributed by atoms with Crippen molar-refractivity contribution in [2.45, 2.75) is 26.4 Å². The Labute approximate surface area is 104 Å². The highest BCUT2D eigenvalue weighted by Gasteiger charge is 2.28. The number of nitro groups is 1. The number of hydrogen-bond acceptors (Lipinski definition) is 4. The van der Waals surface area contributed by atoms with Crippen LogP contribution in [-0.2, 0) is 0 Å². The van der Waals surface area contributed by atoms with Crippen LogP contribution < -0.4 is 4.74 Å². The van der Waals surface area contributed by atoms with Gasteiger partial charge in [-0.05, 0) is 18.9 Å². The lowest BCUT2D eigenvalue weighted by Gasteiger charge is -2.27. The number of nitrogens with zero attached hydrogens (tertiary/aromatic N) is 1. The Hall–Kier alpha value is -1.69. The molecule has 5 nitrogen and oxygen atoms in total. The van der Waals surface area contributed by atoms with Gasteiger partial charge in [0.05, 0.1) is 10.5 Å². The molecule has 0 aliphatic carbocycles. The van der Waals surface area contributed by atoms with Crippen molar-refractivity contribution in [2.75, 3.05) is 6.61 Å². The third kappa shape index (κ3) is 3.16. The van der Waals surface area contributed by atoms with Crippen LogP contribution in [0.25, 0.3) is 0 Å². The van der Waals surface area contributed by atoms with E-state index in [-0.39, 0.29) is 12.5 Å². The number of ether oxygens (including phenoxy) is 1. The monoisotopic (exact) mass is 257 g/mol. The van der Waals surface area contributed by atoms with Gasteiger partial charge in [0.1, 0.15) is 6.61 Å². The first-order valence-electron chi connectivity index (χ1n) is 5.54. The van der Waals surface area contributed by atoms with Crippen molar-refractivity contribution in [3.05, 3.63) is 34.1 Å². The molecule has 0 aromatic heterocycles. The van der Waals surface area contributed by atoms with Crippen molar-refractivity contribution in [1.82, 2.24) is 0 Å². The number of halogens is 1. The standard InChI is InChI=1S/C12H16FNO4/c1-8(2)12(3,15)7-18-11-9(13)5-4-6-10(11)14(16)17/h4-6,8,15H,7H2,1-3H3. The number of hydrogen-bond donors (Lipinski definition) is 1. The molecule has 1 aromatic carbocycles. The Balaban J connectivity index is 2.95. The quantitative estimate of drug-likeness (QED) is 0.649. The van der Waals surface area contributed by atoms with E-state index >= 15 is 0 Å². The molecule has 1 aromatic rings. The van der Waals surface area contributed by atoms with Gasteiger partial charge >= 0.3 is 5.69 Å². The Morgan fingerprint density at radius 2 is 2.17 bits per heavy atom. The summed E-state index contributed by atoms with van der Waals surface area (Å²) in [6.45, 7) is 4.87. The van der Waals surface area contributed by atoms with E-state index in [1.807, 2.05) is 0 Å². The molecule has 0 saturated heterocycles. The summed E-state index contributed by atoms with van der Waals surface area (Å²) >= 11 is 0. The highest BCUT2D eigenvalue weighted by Crippen LogP contribution is 2.30. The molecule has 0 radical (unpaired) electrons. The molecule has 0 aliphatic rings. The van der Waals surface area contributed by atoms with Gasteiger partial charge in [0.2, 0.25) is 5.75 Å². The Morgan fingerprint density at radius 1 is 1.56 bits per heavy atom. The van der Waals surface area contributed by atoms with Gasteiger partial charge in [0.25, 0.3) is 0 Å². The van der Waals surface area contributed by atoms with Crippen molar-refractivity contribution >= 4 is 5.69 Å². The molecule has 0 saturated carbocycles. The summed E-state index contributed by atoms with van der Waals surface area (Å²) in [6, 6.07) is 3.47. The molecule has 100 valence electrons. The number of para-hydroxylation sites is 1.